The lowest BCUT2D eigenvalue weighted by Crippen LogP contribution is -1.96. The predicted octanol–water partition coefficient (Wildman–Crippen LogP) is 4.92. The molecule has 0 amide bonds. The molecule has 0 bridgehead atoms. The average molecular weight is 372 g/mol. The Balaban J connectivity index is 1.63. The van der Waals surface area contributed by atoms with E-state index in [0.29, 0.717) is 12.2 Å². The number of pyridine rings is 1. The van der Waals surface area contributed by atoms with Gasteiger partial charge in [-0.15, -0.1) is 0 Å². The summed E-state index contributed by atoms with van der Waals surface area (Å²) in [5.41, 5.74) is 4.04. The van der Waals surface area contributed by atoms with E-state index in [1.54, 1.807) is 29.1 Å². The minimum Gasteiger partial charge on any atom is -0.258 e. The van der Waals surface area contributed by atoms with Gasteiger partial charge in [0.15, 0.2) is 5.65 Å². The Hall–Kier alpha value is -3.94. The third kappa shape index (κ3) is 3.35. The standard InChI is InChI=1S/C20H16N6O2/c1-14-19-18(23-22-13-15-7-9-17(10-8-15)26(27)28)11-12-21-20(19)25(24-14)16-5-3-2-4-6-16/h2-12H,13H2,1H3. The molecule has 2 aromatic heterocycles. The zero-order valence-electron chi connectivity index (χ0n) is 15.1. The number of aryl methyl sites for hydroxylation is 1. The minimum absolute atomic E-state index is 0.0560. The predicted molar refractivity (Wildman–Crippen MR) is 105 cm³/mol. The quantitative estimate of drug-likeness (QED) is 0.282. The van der Waals surface area contributed by atoms with E-state index in [1.165, 1.54) is 12.1 Å². The Bertz CT molecular complexity index is 1170. The van der Waals surface area contributed by atoms with Crippen molar-refractivity contribution in [3.05, 3.63) is 88.2 Å². The van der Waals surface area contributed by atoms with Crippen LogP contribution >= 0.6 is 0 Å². The normalized spacial score (nSPS) is 11.3. The SMILES string of the molecule is Cc1nn(-c2ccccc2)c2nccc(N=NCc3ccc([N+](=O)[O-])cc3)c12. The molecule has 8 heteroatoms. The van der Waals surface area contributed by atoms with Gasteiger partial charge in [-0.2, -0.15) is 15.3 Å². The largest absolute Gasteiger partial charge is 0.269 e. The van der Waals surface area contributed by atoms with Crippen LogP contribution < -0.4 is 0 Å². The van der Waals surface area contributed by atoms with Crippen molar-refractivity contribution in [2.24, 2.45) is 10.2 Å². The van der Waals surface area contributed by atoms with Crippen LogP contribution in [0, 0.1) is 17.0 Å². The van der Waals surface area contributed by atoms with Crippen LogP contribution in [0.4, 0.5) is 11.4 Å². The molecule has 138 valence electrons. The summed E-state index contributed by atoms with van der Waals surface area (Å²) in [6.45, 7) is 2.24. The zero-order valence-corrected chi connectivity index (χ0v) is 15.1. The molecule has 0 aliphatic carbocycles. The van der Waals surface area contributed by atoms with Gasteiger partial charge in [0.25, 0.3) is 5.69 Å². The molecule has 4 aromatic rings. The summed E-state index contributed by atoms with van der Waals surface area (Å²) in [4.78, 5) is 14.8. The summed E-state index contributed by atoms with van der Waals surface area (Å²) in [7, 11) is 0. The maximum Gasteiger partial charge on any atom is 0.269 e. The van der Waals surface area contributed by atoms with Crippen molar-refractivity contribution in [2.45, 2.75) is 13.5 Å². The van der Waals surface area contributed by atoms with Gasteiger partial charge in [0.05, 0.1) is 33.9 Å². The van der Waals surface area contributed by atoms with Gasteiger partial charge in [-0.3, -0.25) is 10.1 Å². The number of fused-ring (bicyclic) bond motifs is 1. The Labute approximate surface area is 160 Å². The van der Waals surface area contributed by atoms with Crippen molar-refractivity contribution < 1.29 is 4.92 Å². The summed E-state index contributed by atoms with van der Waals surface area (Å²) < 4.78 is 1.79. The van der Waals surface area contributed by atoms with E-state index in [9.17, 15) is 10.1 Å². The number of hydrogen-bond donors (Lipinski definition) is 0. The number of hydrogen-bond acceptors (Lipinski definition) is 6. The molecule has 0 fully saturated rings. The number of rotatable bonds is 5. The fourth-order valence-electron chi connectivity index (χ4n) is 2.94. The van der Waals surface area contributed by atoms with Gasteiger partial charge in [0.1, 0.15) is 0 Å². The topological polar surface area (TPSA) is 98.6 Å². The second kappa shape index (κ2) is 7.36. The molecule has 0 saturated carbocycles. The van der Waals surface area contributed by atoms with Gasteiger partial charge in [-0.05, 0) is 30.7 Å². The van der Waals surface area contributed by atoms with E-state index in [2.05, 4.69) is 20.3 Å². The van der Waals surface area contributed by atoms with Crippen LogP contribution in [0.3, 0.4) is 0 Å². The maximum atomic E-state index is 10.7. The molecule has 28 heavy (non-hydrogen) atoms. The molecule has 0 aliphatic rings. The molecule has 2 aromatic carbocycles. The highest BCUT2D eigenvalue weighted by atomic mass is 16.6. The number of para-hydroxylation sites is 1. The average Bonchev–Trinajstić information content (AvgIpc) is 3.07. The monoisotopic (exact) mass is 372 g/mol. The summed E-state index contributed by atoms with van der Waals surface area (Å²) in [6, 6.07) is 17.9. The van der Waals surface area contributed by atoms with E-state index < -0.39 is 4.92 Å². The molecular formula is C20H16N6O2. The van der Waals surface area contributed by atoms with Crippen molar-refractivity contribution in [2.75, 3.05) is 0 Å². The summed E-state index contributed by atoms with van der Waals surface area (Å²) in [5.74, 6) is 0. The van der Waals surface area contributed by atoms with Crippen LogP contribution in [0.25, 0.3) is 16.7 Å². The van der Waals surface area contributed by atoms with Crippen LogP contribution in [0.2, 0.25) is 0 Å². The van der Waals surface area contributed by atoms with Gasteiger partial charge in [-0.25, -0.2) is 9.67 Å². The summed E-state index contributed by atoms with van der Waals surface area (Å²) in [6.07, 6.45) is 1.68. The molecule has 0 unspecified atom stereocenters. The second-order valence-corrected chi connectivity index (χ2v) is 6.18. The van der Waals surface area contributed by atoms with E-state index in [1.807, 2.05) is 37.3 Å². The van der Waals surface area contributed by atoms with Gasteiger partial charge in [-0.1, -0.05) is 30.3 Å². The third-order valence-corrected chi connectivity index (χ3v) is 4.30. The number of azo groups is 1. The maximum absolute atomic E-state index is 10.7. The molecule has 2 heterocycles. The van der Waals surface area contributed by atoms with Crippen LogP contribution in [-0.4, -0.2) is 19.7 Å². The summed E-state index contributed by atoms with van der Waals surface area (Å²) in [5, 5.41) is 24.8. The fourth-order valence-corrected chi connectivity index (χ4v) is 2.94. The van der Waals surface area contributed by atoms with Crippen molar-refractivity contribution in [3.8, 4) is 5.69 Å². The smallest absolute Gasteiger partial charge is 0.258 e. The number of nitro benzene ring substituents is 1. The van der Waals surface area contributed by atoms with Crippen molar-refractivity contribution in [1.82, 2.24) is 14.8 Å². The van der Waals surface area contributed by atoms with Gasteiger partial charge in [0.2, 0.25) is 0 Å². The third-order valence-electron chi connectivity index (χ3n) is 4.30. The number of nitrogens with zero attached hydrogens (tertiary/aromatic N) is 6. The minimum atomic E-state index is -0.424. The highest BCUT2D eigenvalue weighted by Crippen LogP contribution is 2.29. The molecule has 0 N–H and O–H groups in total. The molecule has 0 aliphatic heterocycles. The van der Waals surface area contributed by atoms with Gasteiger partial charge >= 0.3 is 0 Å². The van der Waals surface area contributed by atoms with Gasteiger partial charge < -0.3 is 0 Å². The fraction of sp³-hybridized carbons (Fsp3) is 0.100. The van der Waals surface area contributed by atoms with E-state index in [-0.39, 0.29) is 5.69 Å². The molecule has 0 radical (unpaired) electrons. The van der Waals surface area contributed by atoms with Crippen molar-refractivity contribution in [1.29, 1.82) is 0 Å². The van der Waals surface area contributed by atoms with Crippen molar-refractivity contribution >= 4 is 22.4 Å². The summed E-state index contributed by atoms with van der Waals surface area (Å²) >= 11 is 0. The van der Waals surface area contributed by atoms with Crippen LogP contribution in [0.1, 0.15) is 11.3 Å². The lowest BCUT2D eigenvalue weighted by molar-refractivity contribution is -0.384. The first-order chi connectivity index (χ1) is 13.6. The molecule has 4 rings (SSSR count). The molecular weight excluding hydrogens is 356 g/mol. The number of benzene rings is 2. The molecule has 0 saturated heterocycles. The van der Waals surface area contributed by atoms with E-state index in [0.717, 1.165) is 28.0 Å². The number of nitro groups is 1. The number of aromatic nitrogens is 3. The van der Waals surface area contributed by atoms with Gasteiger partial charge in [0, 0.05) is 18.3 Å². The Morgan fingerprint density at radius 2 is 1.82 bits per heavy atom. The highest BCUT2D eigenvalue weighted by molar-refractivity contribution is 5.90. The van der Waals surface area contributed by atoms with Crippen LogP contribution in [0.5, 0.6) is 0 Å². The van der Waals surface area contributed by atoms with E-state index >= 15 is 0 Å². The molecule has 8 nitrogen and oxygen atoms in total. The van der Waals surface area contributed by atoms with Crippen LogP contribution in [0.15, 0.2) is 77.1 Å². The first kappa shape index (κ1) is 17.5. The lowest BCUT2D eigenvalue weighted by Gasteiger charge is -2.02. The second-order valence-electron chi connectivity index (χ2n) is 6.18. The lowest BCUT2D eigenvalue weighted by atomic mass is 10.2. The Kier molecular flexibility index (Phi) is 4.59. The molecule has 0 spiro atoms. The van der Waals surface area contributed by atoms with Crippen molar-refractivity contribution in [3.63, 3.8) is 0 Å². The first-order valence-electron chi connectivity index (χ1n) is 8.64. The Morgan fingerprint density at radius 3 is 2.54 bits per heavy atom. The highest BCUT2D eigenvalue weighted by Gasteiger charge is 2.13. The van der Waals surface area contributed by atoms with E-state index in [4.69, 9.17) is 0 Å². The zero-order chi connectivity index (χ0) is 19.5. The number of non-ortho nitro benzene ring substituents is 1. The van der Waals surface area contributed by atoms with Crippen LogP contribution in [-0.2, 0) is 6.54 Å². The molecule has 0 atom stereocenters. The first-order valence-corrected chi connectivity index (χ1v) is 8.64. The Morgan fingerprint density at radius 1 is 1.07 bits per heavy atom.